The van der Waals surface area contributed by atoms with Crippen molar-refractivity contribution in [2.24, 2.45) is 16.0 Å². The van der Waals surface area contributed by atoms with Crippen LogP contribution in [-0.4, -0.2) is 31.8 Å². The minimum Gasteiger partial charge on any atom is -0.366 e. The Hall–Kier alpha value is -3.07. The number of amides is 1. The van der Waals surface area contributed by atoms with Crippen molar-refractivity contribution in [3.63, 3.8) is 0 Å². The predicted octanol–water partition coefficient (Wildman–Crippen LogP) is 2.35. The number of halogens is 1. The summed E-state index contributed by atoms with van der Waals surface area (Å²) in [5.74, 6) is 0.492. The third-order valence-corrected chi connectivity index (χ3v) is 5.48. The van der Waals surface area contributed by atoms with Gasteiger partial charge in [0.1, 0.15) is 17.4 Å². The third-order valence-electron chi connectivity index (χ3n) is 4.41. The highest BCUT2D eigenvalue weighted by molar-refractivity contribution is 7.99. The molecular formula is C19H17FN6OS. The van der Waals surface area contributed by atoms with Crippen molar-refractivity contribution in [2.45, 2.75) is 18.7 Å². The summed E-state index contributed by atoms with van der Waals surface area (Å²) >= 11 is 1.29. The zero-order valence-electron chi connectivity index (χ0n) is 15.0. The summed E-state index contributed by atoms with van der Waals surface area (Å²) in [5, 5.41) is 2.93. The van der Waals surface area contributed by atoms with Crippen molar-refractivity contribution in [2.75, 3.05) is 5.32 Å². The SMILES string of the molecule is Cc1nc(NCc2cccc(F)c2)nc(C2=NSC3C(C(N)=O)=CC=CC23)n1. The van der Waals surface area contributed by atoms with E-state index in [4.69, 9.17) is 5.73 Å². The smallest absolute Gasteiger partial charge is 0.245 e. The fourth-order valence-electron chi connectivity index (χ4n) is 3.12. The lowest BCUT2D eigenvalue weighted by molar-refractivity contribution is -0.114. The molecule has 2 heterocycles. The molecule has 0 saturated heterocycles. The van der Waals surface area contributed by atoms with Crippen LogP contribution < -0.4 is 11.1 Å². The number of allylic oxidation sites excluding steroid dienone is 3. The number of rotatable bonds is 5. The molecule has 0 saturated carbocycles. The van der Waals surface area contributed by atoms with E-state index in [-0.39, 0.29) is 17.0 Å². The van der Waals surface area contributed by atoms with Gasteiger partial charge in [0.25, 0.3) is 0 Å². The Morgan fingerprint density at radius 1 is 1.32 bits per heavy atom. The number of nitrogens with two attached hydrogens (primary N) is 1. The van der Waals surface area contributed by atoms with Crippen molar-refractivity contribution in [3.05, 3.63) is 71.1 Å². The monoisotopic (exact) mass is 396 g/mol. The van der Waals surface area contributed by atoms with Crippen LogP contribution >= 0.6 is 11.9 Å². The number of anilines is 1. The van der Waals surface area contributed by atoms with Crippen LogP contribution in [0.4, 0.5) is 10.3 Å². The Kier molecular flexibility index (Phi) is 4.91. The zero-order chi connectivity index (χ0) is 19.7. The first kappa shape index (κ1) is 18.3. The summed E-state index contributed by atoms with van der Waals surface area (Å²) in [6.07, 6.45) is 5.49. The summed E-state index contributed by atoms with van der Waals surface area (Å²) in [5.41, 5.74) is 7.47. The molecule has 2 unspecified atom stereocenters. The lowest BCUT2D eigenvalue weighted by Crippen LogP contribution is -2.31. The van der Waals surface area contributed by atoms with E-state index in [0.29, 0.717) is 35.4 Å². The Bertz CT molecular complexity index is 1030. The summed E-state index contributed by atoms with van der Waals surface area (Å²) in [7, 11) is 0. The maximum Gasteiger partial charge on any atom is 0.245 e. The quantitative estimate of drug-likeness (QED) is 0.752. The maximum atomic E-state index is 13.3. The molecule has 1 amide bonds. The minimum atomic E-state index is -0.451. The molecule has 7 nitrogen and oxygen atoms in total. The van der Waals surface area contributed by atoms with Gasteiger partial charge >= 0.3 is 0 Å². The molecule has 1 aromatic heterocycles. The lowest BCUT2D eigenvalue weighted by Gasteiger charge is -2.20. The number of carbonyl (C=O) groups is 1. The number of primary amides is 1. The van der Waals surface area contributed by atoms with E-state index in [0.717, 1.165) is 5.56 Å². The molecule has 1 aliphatic heterocycles. The second-order valence-corrected chi connectivity index (χ2v) is 7.31. The standard InChI is InChI=1S/C19H17FN6OS/c1-10-23-18(15-13-6-3-7-14(17(21)27)16(13)28-26-15)25-19(24-10)22-9-11-4-2-5-12(20)8-11/h2-8,13,16H,9H2,1H3,(H2,21,27)(H,22,23,24,25). The first-order valence-electron chi connectivity index (χ1n) is 8.64. The number of aromatic nitrogens is 3. The van der Waals surface area contributed by atoms with Gasteiger partial charge in [-0.3, -0.25) is 4.79 Å². The molecule has 2 aliphatic rings. The first-order valence-corrected chi connectivity index (χ1v) is 9.48. The number of hydrogen-bond acceptors (Lipinski definition) is 7. The largest absolute Gasteiger partial charge is 0.366 e. The number of fused-ring (bicyclic) bond motifs is 1. The molecule has 1 aromatic carbocycles. The molecule has 142 valence electrons. The van der Waals surface area contributed by atoms with Crippen LogP contribution in [0.3, 0.4) is 0 Å². The highest BCUT2D eigenvalue weighted by Crippen LogP contribution is 2.39. The number of hydrogen-bond donors (Lipinski definition) is 2. The summed E-state index contributed by atoms with van der Waals surface area (Å²) in [6.45, 7) is 2.15. The normalized spacial score (nSPS) is 20.4. The molecular weight excluding hydrogens is 379 g/mol. The van der Waals surface area contributed by atoms with Gasteiger partial charge in [0, 0.05) is 18.0 Å². The van der Waals surface area contributed by atoms with E-state index in [1.165, 1.54) is 24.1 Å². The van der Waals surface area contributed by atoms with E-state index in [1.807, 2.05) is 12.1 Å². The van der Waals surface area contributed by atoms with Crippen LogP contribution in [0.2, 0.25) is 0 Å². The number of nitrogens with zero attached hydrogens (tertiary/aromatic N) is 4. The molecule has 0 spiro atoms. The number of benzene rings is 1. The van der Waals surface area contributed by atoms with Crippen LogP contribution in [0.25, 0.3) is 0 Å². The van der Waals surface area contributed by atoms with E-state index in [1.54, 1.807) is 25.1 Å². The molecule has 9 heteroatoms. The van der Waals surface area contributed by atoms with Gasteiger partial charge < -0.3 is 11.1 Å². The van der Waals surface area contributed by atoms with Gasteiger partial charge in [-0.2, -0.15) is 9.97 Å². The lowest BCUT2D eigenvalue weighted by atomic mass is 9.89. The van der Waals surface area contributed by atoms with Gasteiger partial charge in [-0.1, -0.05) is 30.4 Å². The molecule has 0 bridgehead atoms. The zero-order valence-corrected chi connectivity index (χ0v) is 15.8. The average Bonchev–Trinajstić information content (AvgIpc) is 3.10. The summed E-state index contributed by atoms with van der Waals surface area (Å²) < 4.78 is 17.8. The fraction of sp³-hybridized carbons (Fsp3) is 0.211. The Morgan fingerprint density at radius 3 is 2.96 bits per heavy atom. The van der Waals surface area contributed by atoms with Crippen molar-refractivity contribution in [1.82, 2.24) is 15.0 Å². The van der Waals surface area contributed by atoms with Crippen LogP contribution in [-0.2, 0) is 11.3 Å². The van der Waals surface area contributed by atoms with E-state index in [2.05, 4.69) is 24.7 Å². The van der Waals surface area contributed by atoms with Gasteiger partial charge in [-0.15, -0.1) is 0 Å². The second kappa shape index (κ2) is 7.51. The van der Waals surface area contributed by atoms with Gasteiger partial charge in [0.2, 0.25) is 11.9 Å². The van der Waals surface area contributed by atoms with Crippen molar-refractivity contribution in [1.29, 1.82) is 0 Å². The van der Waals surface area contributed by atoms with Gasteiger partial charge in [-0.05, 0) is 36.6 Å². The molecule has 4 rings (SSSR count). The Labute approximate surface area is 165 Å². The van der Waals surface area contributed by atoms with Crippen molar-refractivity contribution in [3.8, 4) is 0 Å². The number of carbonyl (C=O) groups excluding carboxylic acids is 1. The molecule has 3 N–H and O–H groups in total. The van der Waals surface area contributed by atoms with Gasteiger partial charge in [-0.25, -0.2) is 13.8 Å². The van der Waals surface area contributed by atoms with E-state index < -0.39 is 5.91 Å². The second-order valence-electron chi connectivity index (χ2n) is 6.41. The van der Waals surface area contributed by atoms with Gasteiger partial charge in [0.15, 0.2) is 5.82 Å². The summed E-state index contributed by atoms with van der Waals surface area (Å²) in [6, 6.07) is 6.32. The van der Waals surface area contributed by atoms with Crippen LogP contribution in [0.15, 0.2) is 52.5 Å². The molecule has 0 fully saturated rings. The molecule has 2 atom stereocenters. The minimum absolute atomic E-state index is 0.129. The van der Waals surface area contributed by atoms with Crippen molar-refractivity contribution < 1.29 is 9.18 Å². The van der Waals surface area contributed by atoms with Gasteiger partial charge in [0.05, 0.1) is 5.25 Å². The highest BCUT2D eigenvalue weighted by atomic mass is 32.2. The maximum absolute atomic E-state index is 13.3. The highest BCUT2D eigenvalue weighted by Gasteiger charge is 2.38. The van der Waals surface area contributed by atoms with Crippen LogP contribution in [0.5, 0.6) is 0 Å². The average molecular weight is 396 g/mol. The Balaban J connectivity index is 1.55. The Morgan fingerprint density at radius 2 is 2.18 bits per heavy atom. The predicted molar refractivity (Wildman–Crippen MR) is 106 cm³/mol. The topological polar surface area (TPSA) is 106 Å². The third kappa shape index (κ3) is 3.65. The van der Waals surface area contributed by atoms with Crippen LogP contribution in [0.1, 0.15) is 17.2 Å². The number of aryl methyl sites for hydroxylation is 1. The molecule has 1 aliphatic carbocycles. The fourth-order valence-corrected chi connectivity index (χ4v) is 4.20. The molecule has 2 aromatic rings. The summed E-state index contributed by atoms with van der Waals surface area (Å²) in [4.78, 5) is 24.9. The number of nitrogens with one attached hydrogen (secondary N) is 1. The first-order chi connectivity index (χ1) is 13.5. The van der Waals surface area contributed by atoms with E-state index in [9.17, 15) is 9.18 Å². The van der Waals surface area contributed by atoms with E-state index >= 15 is 0 Å². The molecule has 28 heavy (non-hydrogen) atoms. The molecule has 0 radical (unpaired) electrons. The van der Waals surface area contributed by atoms with Crippen LogP contribution in [0, 0.1) is 18.7 Å². The van der Waals surface area contributed by atoms with Crippen molar-refractivity contribution >= 4 is 29.5 Å².